The van der Waals surface area contributed by atoms with Crippen molar-refractivity contribution >= 4 is 27.3 Å². The van der Waals surface area contributed by atoms with Crippen molar-refractivity contribution in [2.45, 2.75) is 12.8 Å². The quantitative estimate of drug-likeness (QED) is 0.725. The molecule has 0 saturated carbocycles. The molecular formula is C11H8N2OS. The van der Waals surface area contributed by atoms with Crippen LogP contribution in [0, 0.1) is 11.3 Å². The molecule has 1 heterocycles. The summed E-state index contributed by atoms with van der Waals surface area (Å²) in [6.07, 6.45) is 0. The molecule has 0 bridgehead atoms. The molecule has 1 aromatic carbocycles. The maximum atomic E-state index is 11.2. The van der Waals surface area contributed by atoms with Crippen LogP contribution in [0.25, 0.3) is 10.2 Å². The lowest BCUT2D eigenvalue weighted by Crippen LogP contribution is -2.05. The van der Waals surface area contributed by atoms with Crippen LogP contribution in [0.2, 0.25) is 0 Å². The minimum Gasteiger partial charge on any atom is -0.282 e. The Morgan fingerprint density at radius 2 is 2.27 bits per heavy atom. The second-order valence-electron chi connectivity index (χ2n) is 3.22. The van der Waals surface area contributed by atoms with Crippen LogP contribution < -0.4 is 0 Å². The second kappa shape index (κ2) is 3.79. The third kappa shape index (κ3) is 1.74. The number of nitriles is 1. The zero-order valence-corrected chi connectivity index (χ0v) is 8.91. The summed E-state index contributed by atoms with van der Waals surface area (Å²) in [4.78, 5) is 15.5. The number of Topliss-reactive ketones (excluding diaryl/α,β-unsaturated/α-hetero) is 1. The SMILES string of the molecule is CC(C(=O)C#N)c1nc2ccccc2s1. The van der Waals surface area contributed by atoms with E-state index in [0.29, 0.717) is 5.01 Å². The fourth-order valence-corrected chi connectivity index (χ4v) is 2.30. The van der Waals surface area contributed by atoms with Crippen molar-refractivity contribution in [1.82, 2.24) is 4.98 Å². The number of nitrogens with zero attached hydrogens (tertiary/aromatic N) is 2. The van der Waals surface area contributed by atoms with E-state index in [4.69, 9.17) is 5.26 Å². The predicted octanol–water partition coefficient (Wildman–Crippen LogP) is 2.49. The van der Waals surface area contributed by atoms with E-state index in [0.717, 1.165) is 10.2 Å². The Kier molecular flexibility index (Phi) is 2.48. The summed E-state index contributed by atoms with van der Waals surface area (Å²) in [7, 11) is 0. The van der Waals surface area contributed by atoms with Crippen molar-refractivity contribution in [3.05, 3.63) is 29.3 Å². The van der Waals surface area contributed by atoms with Crippen molar-refractivity contribution in [2.24, 2.45) is 0 Å². The van der Waals surface area contributed by atoms with Crippen molar-refractivity contribution in [2.75, 3.05) is 0 Å². The van der Waals surface area contributed by atoms with E-state index < -0.39 is 11.7 Å². The lowest BCUT2D eigenvalue weighted by Gasteiger charge is -1.98. The number of rotatable bonds is 2. The molecule has 1 aromatic heterocycles. The van der Waals surface area contributed by atoms with Crippen LogP contribution in [0.5, 0.6) is 0 Å². The average molecular weight is 216 g/mol. The fraction of sp³-hybridized carbons (Fsp3) is 0.182. The summed E-state index contributed by atoms with van der Waals surface area (Å²) in [5.41, 5.74) is 0.884. The maximum Gasteiger partial charge on any atom is 0.241 e. The Balaban J connectivity index is 2.46. The molecule has 0 aliphatic carbocycles. The molecule has 15 heavy (non-hydrogen) atoms. The second-order valence-corrected chi connectivity index (χ2v) is 4.28. The van der Waals surface area contributed by atoms with Gasteiger partial charge in [-0.15, -0.1) is 11.3 Å². The van der Waals surface area contributed by atoms with Gasteiger partial charge in [0.25, 0.3) is 0 Å². The molecule has 0 N–H and O–H groups in total. The van der Waals surface area contributed by atoms with Crippen LogP contribution in [0.15, 0.2) is 24.3 Å². The van der Waals surface area contributed by atoms with Gasteiger partial charge in [0.1, 0.15) is 11.1 Å². The number of thiazole rings is 1. The monoisotopic (exact) mass is 216 g/mol. The summed E-state index contributed by atoms with van der Waals surface area (Å²) >= 11 is 1.47. The van der Waals surface area contributed by atoms with E-state index in [9.17, 15) is 4.79 Å². The Labute approximate surface area is 91.0 Å². The van der Waals surface area contributed by atoms with E-state index >= 15 is 0 Å². The number of fused-ring (bicyclic) bond motifs is 1. The van der Waals surface area contributed by atoms with Gasteiger partial charge in [-0.1, -0.05) is 12.1 Å². The molecule has 0 amide bonds. The van der Waals surface area contributed by atoms with E-state index in [-0.39, 0.29) is 0 Å². The number of carbonyl (C=O) groups is 1. The van der Waals surface area contributed by atoms with Gasteiger partial charge in [-0.3, -0.25) is 4.79 Å². The molecule has 1 unspecified atom stereocenters. The Morgan fingerprint density at radius 3 is 2.93 bits per heavy atom. The first kappa shape index (κ1) is 9.81. The third-order valence-electron chi connectivity index (χ3n) is 2.18. The van der Waals surface area contributed by atoms with Crippen molar-refractivity contribution in [3.63, 3.8) is 0 Å². The molecule has 0 saturated heterocycles. The minimum atomic E-state index is -0.436. The van der Waals surface area contributed by atoms with Gasteiger partial charge >= 0.3 is 0 Å². The highest BCUT2D eigenvalue weighted by Crippen LogP contribution is 2.27. The van der Waals surface area contributed by atoms with Crippen molar-refractivity contribution in [1.29, 1.82) is 5.26 Å². The summed E-state index contributed by atoms with van der Waals surface area (Å²) in [6, 6.07) is 9.33. The lowest BCUT2D eigenvalue weighted by molar-refractivity contribution is -0.115. The first-order valence-corrected chi connectivity index (χ1v) is 5.33. The van der Waals surface area contributed by atoms with Crippen LogP contribution in [-0.4, -0.2) is 10.8 Å². The summed E-state index contributed by atoms with van der Waals surface area (Å²) in [5, 5.41) is 9.23. The normalized spacial score (nSPS) is 12.3. The molecule has 0 aliphatic rings. The van der Waals surface area contributed by atoms with Gasteiger partial charge in [-0.25, -0.2) is 4.98 Å². The van der Waals surface area contributed by atoms with Crippen LogP contribution in [0.4, 0.5) is 0 Å². The predicted molar refractivity (Wildman–Crippen MR) is 58.7 cm³/mol. The average Bonchev–Trinajstić information content (AvgIpc) is 2.70. The molecule has 0 fully saturated rings. The molecule has 0 radical (unpaired) electrons. The molecule has 74 valence electrons. The number of ketones is 1. The highest BCUT2D eigenvalue weighted by Gasteiger charge is 2.18. The largest absolute Gasteiger partial charge is 0.282 e. The number of aromatic nitrogens is 1. The van der Waals surface area contributed by atoms with Gasteiger partial charge in [0.05, 0.1) is 16.1 Å². The van der Waals surface area contributed by atoms with Gasteiger partial charge in [-0.2, -0.15) is 5.26 Å². The number of benzene rings is 1. The molecule has 2 aromatic rings. The summed E-state index contributed by atoms with van der Waals surface area (Å²) < 4.78 is 1.05. The van der Waals surface area contributed by atoms with E-state index in [1.54, 1.807) is 13.0 Å². The maximum absolute atomic E-state index is 11.2. The lowest BCUT2D eigenvalue weighted by atomic mass is 10.1. The summed E-state index contributed by atoms with van der Waals surface area (Å²) in [6.45, 7) is 1.71. The number of carbonyl (C=O) groups excluding carboxylic acids is 1. The van der Waals surface area contributed by atoms with E-state index in [1.807, 2.05) is 24.3 Å². The van der Waals surface area contributed by atoms with Gasteiger partial charge in [-0.05, 0) is 19.1 Å². The van der Waals surface area contributed by atoms with Gasteiger partial charge in [0.15, 0.2) is 0 Å². The summed E-state index contributed by atoms with van der Waals surface area (Å²) in [5.74, 6) is -0.860. The van der Waals surface area contributed by atoms with Crippen LogP contribution >= 0.6 is 11.3 Å². The van der Waals surface area contributed by atoms with Crippen LogP contribution in [-0.2, 0) is 4.79 Å². The fourth-order valence-electron chi connectivity index (χ4n) is 1.28. The van der Waals surface area contributed by atoms with Crippen molar-refractivity contribution in [3.8, 4) is 6.07 Å². The number of hydrogen-bond donors (Lipinski definition) is 0. The first-order chi connectivity index (χ1) is 7.22. The third-order valence-corrected chi connectivity index (χ3v) is 3.40. The Bertz CT molecular complexity index is 520. The molecule has 3 nitrogen and oxygen atoms in total. The zero-order chi connectivity index (χ0) is 10.8. The molecule has 0 aliphatic heterocycles. The molecule has 4 heteroatoms. The highest BCUT2D eigenvalue weighted by atomic mass is 32.1. The van der Waals surface area contributed by atoms with E-state index in [1.165, 1.54) is 11.3 Å². The van der Waals surface area contributed by atoms with Crippen LogP contribution in [0.1, 0.15) is 17.8 Å². The Hall–Kier alpha value is -1.73. The smallest absolute Gasteiger partial charge is 0.241 e. The molecule has 0 spiro atoms. The number of para-hydroxylation sites is 1. The van der Waals surface area contributed by atoms with Crippen LogP contribution in [0.3, 0.4) is 0 Å². The topological polar surface area (TPSA) is 53.8 Å². The minimum absolute atomic E-state index is 0.424. The van der Waals surface area contributed by atoms with Crippen molar-refractivity contribution < 1.29 is 4.79 Å². The molecular weight excluding hydrogens is 208 g/mol. The van der Waals surface area contributed by atoms with Gasteiger partial charge < -0.3 is 0 Å². The highest BCUT2D eigenvalue weighted by molar-refractivity contribution is 7.18. The number of hydrogen-bond acceptors (Lipinski definition) is 4. The van der Waals surface area contributed by atoms with Gasteiger partial charge in [0.2, 0.25) is 5.78 Å². The Morgan fingerprint density at radius 1 is 1.53 bits per heavy atom. The van der Waals surface area contributed by atoms with Gasteiger partial charge in [0, 0.05) is 0 Å². The standard InChI is InChI=1S/C11H8N2OS/c1-7(9(14)6-12)11-13-8-4-2-3-5-10(8)15-11/h2-5,7H,1H3. The molecule has 2 rings (SSSR count). The van der Waals surface area contributed by atoms with E-state index in [2.05, 4.69) is 4.98 Å². The first-order valence-electron chi connectivity index (χ1n) is 4.52. The molecule has 1 atom stereocenters. The zero-order valence-electron chi connectivity index (χ0n) is 8.10.